The smallest absolute Gasteiger partial charge is 0.382 e. The molecule has 9 heteroatoms. The number of rotatable bonds is 4. The van der Waals surface area contributed by atoms with E-state index >= 15 is 0 Å². The number of nitrogens with zero attached hydrogens (tertiary/aromatic N) is 1. The van der Waals surface area contributed by atoms with Crippen molar-refractivity contribution in [3.63, 3.8) is 0 Å². The fourth-order valence-electron chi connectivity index (χ4n) is 1.91. The molecule has 0 spiro atoms. The van der Waals surface area contributed by atoms with Gasteiger partial charge in [-0.15, -0.1) is 0 Å². The highest BCUT2D eigenvalue weighted by Crippen LogP contribution is 2.52. The number of amides is 1. The normalized spacial score (nSPS) is 20.6. The molecular weight excluding hydrogens is 293 g/mol. The standard InChI is InChI=1S/C11H13F3N4OS/c12-11(13,14)10(3-4-10)17-9-6(7(15)18-20-9)8(19)16-5-1-2-5/h5,17H,1-4H2,(H2,15,18)(H,16,19). The lowest BCUT2D eigenvalue weighted by atomic mass is 10.2. The lowest BCUT2D eigenvalue weighted by Crippen LogP contribution is -2.39. The van der Waals surface area contributed by atoms with E-state index in [1.54, 1.807) is 0 Å². The second-order valence-corrected chi connectivity index (χ2v) is 6.00. The topological polar surface area (TPSA) is 80.0 Å². The first-order valence-electron chi connectivity index (χ1n) is 6.23. The number of nitrogens with one attached hydrogen (secondary N) is 2. The van der Waals surface area contributed by atoms with Crippen molar-refractivity contribution < 1.29 is 18.0 Å². The molecule has 0 aliphatic heterocycles. The van der Waals surface area contributed by atoms with Crippen LogP contribution in [0.15, 0.2) is 0 Å². The zero-order valence-corrected chi connectivity index (χ0v) is 11.2. The van der Waals surface area contributed by atoms with Crippen molar-refractivity contribution in [2.45, 2.75) is 43.4 Å². The summed E-state index contributed by atoms with van der Waals surface area (Å²) in [4.78, 5) is 12.0. The fraction of sp³-hybridized carbons (Fsp3) is 0.636. The Morgan fingerprint density at radius 1 is 1.40 bits per heavy atom. The number of halogens is 3. The molecular formula is C11H13F3N4OS. The molecule has 20 heavy (non-hydrogen) atoms. The molecule has 2 aliphatic carbocycles. The van der Waals surface area contributed by atoms with Gasteiger partial charge in [0.2, 0.25) is 0 Å². The third-order valence-electron chi connectivity index (χ3n) is 3.50. The van der Waals surface area contributed by atoms with Gasteiger partial charge in [-0.05, 0) is 37.2 Å². The van der Waals surface area contributed by atoms with Gasteiger partial charge in [0.15, 0.2) is 5.82 Å². The summed E-state index contributed by atoms with van der Waals surface area (Å²) in [5.41, 5.74) is 3.70. The van der Waals surface area contributed by atoms with Crippen molar-refractivity contribution in [2.24, 2.45) is 0 Å². The van der Waals surface area contributed by atoms with E-state index in [1.165, 1.54) is 0 Å². The van der Waals surface area contributed by atoms with Gasteiger partial charge in [-0.1, -0.05) is 0 Å². The number of anilines is 2. The number of nitrogens with two attached hydrogens (primary N) is 1. The zero-order chi connectivity index (χ0) is 14.5. The van der Waals surface area contributed by atoms with E-state index in [0.29, 0.717) is 0 Å². The first-order chi connectivity index (χ1) is 9.32. The van der Waals surface area contributed by atoms with Gasteiger partial charge in [-0.2, -0.15) is 17.5 Å². The van der Waals surface area contributed by atoms with Crippen LogP contribution in [0.25, 0.3) is 0 Å². The van der Waals surface area contributed by atoms with E-state index in [-0.39, 0.29) is 35.3 Å². The molecule has 1 heterocycles. The minimum atomic E-state index is -4.35. The highest BCUT2D eigenvalue weighted by Gasteiger charge is 2.64. The van der Waals surface area contributed by atoms with Crippen molar-refractivity contribution in [1.82, 2.24) is 9.69 Å². The zero-order valence-electron chi connectivity index (χ0n) is 10.4. The Hall–Kier alpha value is -1.51. The largest absolute Gasteiger partial charge is 0.411 e. The summed E-state index contributed by atoms with van der Waals surface area (Å²) in [5.74, 6) is -0.493. The second kappa shape index (κ2) is 4.24. The van der Waals surface area contributed by atoms with E-state index < -0.39 is 17.6 Å². The molecule has 0 unspecified atom stereocenters. The molecule has 0 saturated heterocycles. The summed E-state index contributed by atoms with van der Waals surface area (Å²) in [6.07, 6.45) is -2.58. The first kappa shape index (κ1) is 13.5. The predicted octanol–water partition coefficient (Wildman–Crippen LogP) is 2.12. The third kappa shape index (κ3) is 2.30. The number of alkyl halides is 3. The lowest BCUT2D eigenvalue weighted by molar-refractivity contribution is -0.151. The van der Waals surface area contributed by atoms with Crippen molar-refractivity contribution in [2.75, 3.05) is 11.1 Å². The molecule has 2 aliphatic rings. The molecule has 0 radical (unpaired) electrons. The summed E-state index contributed by atoms with van der Waals surface area (Å²) in [6.45, 7) is 0. The molecule has 5 nitrogen and oxygen atoms in total. The van der Waals surface area contributed by atoms with E-state index in [9.17, 15) is 18.0 Å². The molecule has 1 aromatic heterocycles. The Balaban J connectivity index is 1.82. The van der Waals surface area contributed by atoms with E-state index in [0.717, 1.165) is 24.4 Å². The van der Waals surface area contributed by atoms with Crippen LogP contribution in [0.5, 0.6) is 0 Å². The van der Waals surface area contributed by atoms with E-state index in [4.69, 9.17) is 5.73 Å². The minimum Gasteiger partial charge on any atom is -0.382 e. The molecule has 3 rings (SSSR count). The molecule has 1 amide bonds. The van der Waals surface area contributed by atoms with Gasteiger partial charge in [0.1, 0.15) is 16.1 Å². The molecule has 2 fully saturated rings. The Labute approximate surface area is 116 Å². The van der Waals surface area contributed by atoms with Crippen LogP contribution in [0.1, 0.15) is 36.0 Å². The third-order valence-corrected chi connectivity index (χ3v) is 4.28. The number of nitrogen functional groups attached to an aromatic ring is 1. The average Bonchev–Trinajstić information content (AvgIpc) is 3.21. The summed E-state index contributed by atoms with van der Waals surface area (Å²) in [7, 11) is 0. The fourth-order valence-corrected chi connectivity index (χ4v) is 2.72. The lowest BCUT2D eigenvalue weighted by Gasteiger charge is -2.21. The van der Waals surface area contributed by atoms with Crippen molar-refractivity contribution >= 4 is 28.3 Å². The predicted molar refractivity (Wildman–Crippen MR) is 68.7 cm³/mol. The van der Waals surface area contributed by atoms with Crippen LogP contribution in [0.3, 0.4) is 0 Å². The summed E-state index contributed by atoms with van der Waals surface area (Å²) in [5, 5.41) is 5.23. The van der Waals surface area contributed by atoms with Crippen molar-refractivity contribution in [3.05, 3.63) is 5.56 Å². The van der Waals surface area contributed by atoms with Crippen LogP contribution < -0.4 is 16.4 Å². The molecule has 0 bridgehead atoms. The van der Waals surface area contributed by atoms with Crippen molar-refractivity contribution in [3.8, 4) is 0 Å². The maximum atomic E-state index is 12.9. The molecule has 0 aromatic carbocycles. The Morgan fingerprint density at radius 3 is 2.55 bits per heavy atom. The number of carbonyl (C=O) groups is 1. The molecule has 0 atom stereocenters. The van der Waals surface area contributed by atoms with Gasteiger partial charge in [0.05, 0.1) is 0 Å². The van der Waals surface area contributed by atoms with E-state index in [1.807, 2.05) is 0 Å². The molecule has 2 saturated carbocycles. The maximum Gasteiger partial charge on any atom is 0.411 e. The number of hydrogen-bond acceptors (Lipinski definition) is 5. The van der Waals surface area contributed by atoms with Crippen LogP contribution in [-0.2, 0) is 0 Å². The molecule has 110 valence electrons. The van der Waals surface area contributed by atoms with Gasteiger partial charge < -0.3 is 16.4 Å². The number of aromatic nitrogens is 1. The maximum absolute atomic E-state index is 12.9. The van der Waals surface area contributed by atoms with E-state index in [2.05, 4.69) is 15.0 Å². The molecule has 4 N–H and O–H groups in total. The van der Waals surface area contributed by atoms with Gasteiger partial charge in [0.25, 0.3) is 5.91 Å². The molecule has 1 aromatic rings. The first-order valence-corrected chi connectivity index (χ1v) is 7.01. The monoisotopic (exact) mass is 306 g/mol. The summed E-state index contributed by atoms with van der Waals surface area (Å²) >= 11 is 0.788. The average molecular weight is 306 g/mol. The van der Waals surface area contributed by atoms with Crippen LogP contribution in [0.4, 0.5) is 24.0 Å². The quantitative estimate of drug-likeness (QED) is 0.796. The van der Waals surface area contributed by atoms with Crippen LogP contribution in [0, 0.1) is 0 Å². The number of carbonyl (C=O) groups excluding carboxylic acids is 1. The Kier molecular flexibility index (Phi) is 2.86. The summed E-state index contributed by atoms with van der Waals surface area (Å²) < 4.78 is 42.6. The summed E-state index contributed by atoms with van der Waals surface area (Å²) in [6, 6.07) is 0.104. The second-order valence-electron chi connectivity index (χ2n) is 5.22. The Morgan fingerprint density at radius 2 is 2.05 bits per heavy atom. The van der Waals surface area contributed by atoms with Crippen LogP contribution in [0.2, 0.25) is 0 Å². The number of hydrogen-bond donors (Lipinski definition) is 3. The SMILES string of the molecule is Nc1nsc(NC2(C(F)(F)F)CC2)c1C(=O)NC1CC1. The van der Waals surface area contributed by atoms with Gasteiger partial charge in [-0.25, -0.2) is 0 Å². The van der Waals surface area contributed by atoms with Gasteiger partial charge >= 0.3 is 6.18 Å². The van der Waals surface area contributed by atoms with Gasteiger partial charge in [0, 0.05) is 6.04 Å². The minimum absolute atomic E-state index is 0.00200. The highest BCUT2D eigenvalue weighted by atomic mass is 32.1. The van der Waals surface area contributed by atoms with Crippen LogP contribution >= 0.6 is 11.5 Å². The Bertz CT molecular complexity index is 548. The highest BCUT2D eigenvalue weighted by molar-refractivity contribution is 7.11. The van der Waals surface area contributed by atoms with Crippen LogP contribution in [-0.4, -0.2) is 28.0 Å². The van der Waals surface area contributed by atoms with Crippen molar-refractivity contribution in [1.29, 1.82) is 0 Å². The van der Waals surface area contributed by atoms with Gasteiger partial charge in [-0.3, -0.25) is 4.79 Å².